The predicted molar refractivity (Wildman–Crippen MR) is 155 cm³/mol. The number of hydrogen-bond donors (Lipinski definition) is 1. The van der Waals surface area contributed by atoms with E-state index in [0.717, 1.165) is 48.1 Å². The Morgan fingerprint density at radius 3 is 2.42 bits per heavy atom. The number of ether oxygens (including phenoxy) is 2. The third-order valence-corrected chi connectivity index (χ3v) is 8.63. The lowest BCUT2D eigenvalue weighted by molar-refractivity contribution is -0.275. The summed E-state index contributed by atoms with van der Waals surface area (Å²) in [5.41, 5.74) is 4.21. The van der Waals surface area contributed by atoms with Crippen molar-refractivity contribution in [1.82, 2.24) is 10.1 Å². The van der Waals surface area contributed by atoms with Crippen LogP contribution in [0, 0.1) is 12.8 Å². The van der Waals surface area contributed by atoms with Gasteiger partial charge in [-0.25, -0.2) is 0 Å². The highest BCUT2D eigenvalue weighted by molar-refractivity contribution is 5.70. The molecule has 1 saturated carbocycles. The molecule has 3 aromatic rings. The normalized spacial score (nSPS) is 18.9. The van der Waals surface area contributed by atoms with Crippen LogP contribution in [0.5, 0.6) is 11.5 Å². The van der Waals surface area contributed by atoms with E-state index in [1.165, 1.54) is 31.6 Å². The molecule has 2 atom stereocenters. The number of likely N-dealkylation sites (tertiary alicyclic amines) is 1. The van der Waals surface area contributed by atoms with E-state index in [1.807, 2.05) is 25.1 Å². The maximum atomic E-state index is 13.3. The zero-order valence-electron chi connectivity index (χ0n) is 24.9. The van der Waals surface area contributed by atoms with E-state index >= 15 is 0 Å². The zero-order chi connectivity index (χ0) is 30.8. The maximum Gasteiger partial charge on any atom is 0.573 e. The second kappa shape index (κ2) is 12.6. The molecule has 3 heterocycles. The van der Waals surface area contributed by atoms with Crippen LogP contribution in [0.15, 0.2) is 47.2 Å². The molecule has 2 fully saturated rings. The van der Waals surface area contributed by atoms with Gasteiger partial charge in [0.1, 0.15) is 23.4 Å². The van der Waals surface area contributed by atoms with Crippen LogP contribution < -0.4 is 9.47 Å². The summed E-state index contributed by atoms with van der Waals surface area (Å²) in [6, 6.07) is 10.3. The highest BCUT2D eigenvalue weighted by Gasteiger charge is 2.41. The number of halogens is 3. The SMILES string of the molecule is C1CC1.Cc1nocc1-c1ccc(OC(F)(F)F)c(C(C)N2CCC3(CCc4ccc(CC(C)C(=O)O)cc4O3)CC2)c1. The smallest absolute Gasteiger partial charge is 0.487 e. The largest absolute Gasteiger partial charge is 0.573 e. The van der Waals surface area contributed by atoms with Gasteiger partial charge in [0, 0.05) is 30.3 Å². The van der Waals surface area contributed by atoms with Crippen molar-refractivity contribution in [3.8, 4) is 22.6 Å². The molecular weight excluding hydrogens is 561 g/mol. The Balaban J connectivity index is 0.00000115. The first-order valence-electron chi connectivity index (χ1n) is 15.0. The van der Waals surface area contributed by atoms with Crippen molar-refractivity contribution in [1.29, 1.82) is 0 Å². The molecule has 3 aliphatic rings. The highest BCUT2D eigenvalue weighted by atomic mass is 19.4. The van der Waals surface area contributed by atoms with E-state index in [9.17, 15) is 23.1 Å². The molecule has 1 N–H and O–H groups in total. The number of aromatic nitrogens is 1. The fourth-order valence-electron chi connectivity index (χ4n) is 5.81. The van der Waals surface area contributed by atoms with Gasteiger partial charge in [-0.15, -0.1) is 13.2 Å². The van der Waals surface area contributed by atoms with Gasteiger partial charge in [-0.05, 0) is 80.8 Å². The topological polar surface area (TPSA) is 85.0 Å². The molecule has 43 heavy (non-hydrogen) atoms. The van der Waals surface area contributed by atoms with E-state index in [1.54, 1.807) is 26.0 Å². The molecule has 1 saturated heterocycles. The Morgan fingerprint density at radius 1 is 1.09 bits per heavy atom. The van der Waals surface area contributed by atoms with Crippen molar-refractivity contribution in [3.63, 3.8) is 0 Å². The number of carbonyl (C=O) groups is 1. The minimum absolute atomic E-state index is 0.218. The van der Waals surface area contributed by atoms with Crippen LogP contribution in [0.2, 0.25) is 0 Å². The second-order valence-electron chi connectivity index (χ2n) is 12.1. The molecule has 0 amide bonds. The number of benzene rings is 2. The van der Waals surface area contributed by atoms with Crippen molar-refractivity contribution < 1.29 is 37.1 Å². The van der Waals surface area contributed by atoms with Crippen molar-refractivity contribution >= 4 is 5.97 Å². The van der Waals surface area contributed by atoms with Crippen LogP contribution in [0.3, 0.4) is 0 Å². The van der Waals surface area contributed by atoms with Crippen LogP contribution >= 0.6 is 0 Å². The van der Waals surface area contributed by atoms with Crippen molar-refractivity contribution in [2.45, 2.75) is 90.1 Å². The predicted octanol–water partition coefficient (Wildman–Crippen LogP) is 7.90. The first-order valence-corrected chi connectivity index (χ1v) is 15.0. The van der Waals surface area contributed by atoms with Crippen molar-refractivity contribution in [2.24, 2.45) is 5.92 Å². The summed E-state index contributed by atoms with van der Waals surface area (Å²) in [7, 11) is 0. The quantitative estimate of drug-likeness (QED) is 0.295. The van der Waals surface area contributed by atoms with Gasteiger partial charge < -0.3 is 19.1 Å². The summed E-state index contributed by atoms with van der Waals surface area (Å²) in [6.45, 7) is 6.66. The lowest BCUT2D eigenvalue weighted by Crippen LogP contribution is -2.50. The molecule has 10 heteroatoms. The fraction of sp³-hybridized carbons (Fsp3) is 0.515. The van der Waals surface area contributed by atoms with Gasteiger partial charge in [0.05, 0.1) is 11.6 Å². The third kappa shape index (κ3) is 7.71. The fourth-order valence-corrected chi connectivity index (χ4v) is 5.81. The number of carboxylic acid groups (broad SMARTS) is 1. The Morgan fingerprint density at radius 2 is 1.81 bits per heavy atom. The Hall–Kier alpha value is -3.53. The Bertz CT molecular complexity index is 1420. The second-order valence-corrected chi connectivity index (χ2v) is 12.1. The maximum absolute atomic E-state index is 13.3. The summed E-state index contributed by atoms with van der Waals surface area (Å²) in [5, 5.41) is 13.2. The van der Waals surface area contributed by atoms with Crippen LogP contribution in [0.4, 0.5) is 13.2 Å². The summed E-state index contributed by atoms with van der Waals surface area (Å²) in [6.07, 6.45) is 4.79. The summed E-state index contributed by atoms with van der Waals surface area (Å²) >= 11 is 0. The third-order valence-electron chi connectivity index (χ3n) is 8.63. The van der Waals surface area contributed by atoms with Gasteiger partial charge >= 0.3 is 12.3 Å². The number of aryl methyl sites for hydroxylation is 2. The number of nitrogens with zero attached hydrogens (tertiary/aromatic N) is 2. The average molecular weight is 601 g/mol. The van der Waals surface area contributed by atoms with Crippen LogP contribution in [0.1, 0.15) is 80.8 Å². The van der Waals surface area contributed by atoms with Crippen molar-refractivity contribution in [3.05, 3.63) is 65.0 Å². The van der Waals surface area contributed by atoms with Crippen molar-refractivity contribution in [2.75, 3.05) is 13.1 Å². The minimum atomic E-state index is -4.81. The summed E-state index contributed by atoms with van der Waals surface area (Å²) in [4.78, 5) is 13.5. The van der Waals surface area contributed by atoms with Crippen LogP contribution in [-0.4, -0.2) is 46.2 Å². The summed E-state index contributed by atoms with van der Waals surface area (Å²) in [5.74, 6) is -0.731. The first kappa shape index (κ1) is 30.9. The molecule has 7 nitrogen and oxygen atoms in total. The molecule has 1 aromatic heterocycles. The molecule has 1 spiro atoms. The minimum Gasteiger partial charge on any atom is -0.487 e. The average Bonchev–Trinajstić information content (AvgIpc) is 3.79. The molecule has 0 radical (unpaired) electrons. The number of rotatable bonds is 7. The van der Waals surface area contributed by atoms with Gasteiger partial charge in [0.2, 0.25) is 0 Å². The van der Waals surface area contributed by atoms with Gasteiger partial charge in [-0.3, -0.25) is 9.69 Å². The monoisotopic (exact) mass is 600 g/mol. The number of carboxylic acids is 1. The number of fused-ring (bicyclic) bond motifs is 1. The number of aliphatic carboxylic acids is 1. The van der Waals surface area contributed by atoms with Gasteiger partial charge in [0.15, 0.2) is 0 Å². The number of alkyl halides is 3. The number of hydrogen-bond acceptors (Lipinski definition) is 6. The van der Waals surface area contributed by atoms with E-state index in [2.05, 4.69) is 14.8 Å². The molecule has 232 valence electrons. The molecule has 6 rings (SSSR count). The lowest BCUT2D eigenvalue weighted by atomic mass is 9.82. The van der Waals surface area contributed by atoms with Crippen LogP contribution in [-0.2, 0) is 17.6 Å². The molecule has 1 aliphatic carbocycles. The van der Waals surface area contributed by atoms with E-state index in [4.69, 9.17) is 9.26 Å². The van der Waals surface area contributed by atoms with Crippen LogP contribution in [0.25, 0.3) is 11.1 Å². The first-order chi connectivity index (χ1) is 20.4. The molecule has 2 unspecified atom stereocenters. The van der Waals surface area contributed by atoms with E-state index in [-0.39, 0.29) is 17.4 Å². The number of piperidine rings is 1. The molecule has 0 bridgehead atoms. The van der Waals surface area contributed by atoms with Gasteiger partial charge in [-0.1, -0.05) is 49.5 Å². The van der Waals surface area contributed by atoms with E-state index < -0.39 is 18.2 Å². The molecule has 2 aliphatic heterocycles. The van der Waals surface area contributed by atoms with Gasteiger partial charge in [-0.2, -0.15) is 0 Å². The molecule has 2 aromatic carbocycles. The standard InChI is InChI=1S/C30H33F3N2O5.C3H6/c1-18(28(36)37)14-21-4-5-22-8-9-29(39-27(22)15-21)10-12-35(13-11-29)20(3)24-16-23(25-17-38-34-19(25)2)6-7-26(24)40-30(31,32)33;1-2-3-1/h4-7,15-18,20H,8-14H2,1-3H3,(H,36,37);1-3H2. The molecular formula is C33H39F3N2O5. The summed E-state index contributed by atoms with van der Waals surface area (Å²) < 4.78 is 55.8. The lowest BCUT2D eigenvalue weighted by Gasteiger charge is -2.46. The Labute approximate surface area is 250 Å². The van der Waals surface area contributed by atoms with E-state index in [0.29, 0.717) is 36.3 Å². The zero-order valence-corrected chi connectivity index (χ0v) is 24.9. The van der Waals surface area contributed by atoms with Gasteiger partial charge in [0.25, 0.3) is 0 Å². The Kier molecular flexibility index (Phi) is 9.06. The highest BCUT2D eigenvalue weighted by Crippen LogP contribution is 2.43.